The van der Waals surface area contributed by atoms with Gasteiger partial charge in [0.1, 0.15) is 0 Å². The maximum Gasteiger partial charge on any atom is 0.336 e. The smallest absolute Gasteiger partial charge is 0.336 e. The number of hydrogen-bond donors (Lipinski definition) is 0. The molecule has 0 atom stereocenters. The van der Waals surface area contributed by atoms with Crippen molar-refractivity contribution in [1.82, 2.24) is 0 Å². The Hall–Kier alpha value is -3.16. The number of esters is 2. The third-order valence-corrected chi connectivity index (χ3v) is 2.83. The highest BCUT2D eigenvalue weighted by Gasteiger charge is 2.15. The molecular weight excluding hydrogens is 320 g/mol. The summed E-state index contributed by atoms with van der Waals surface area (Å²) in [6.45, 7) is 2.42. The van der Waals surface area contributed by atoms with Crippen molar-refractivity contribution in [3.63, 3.8) is 0 Å². The fourth-order valence-corrected chi connectivity index (χ4v) is 1.95. The van der Waals surface area contributed by atoms with E-state index in [1.807, 2.05) is 0 Å². The maximum atomic E-state index is 11.4. The minimum Gasteiger partial charge on any atom is -0.424 e. The molecule has 0 aliphatic heterocycles. The molecule has 0 bridgehead atoms. The van der Waals surface area contributed by atoms with Crippen molar-refractivity contribution >= 4 is 11.9 Å². The molecule has 0 spiro atoms. The van der Waals surface area contributed by atoms with Crippen LogP contribution in [0.3, 0.4) is 0 Å². The van der Waals surface area contributed by atoms with Crippen LogP contribution in [0.2, 0.25) is 0 Å². The molecule has 0 aliphatic carbocycles. The first-order valence-corrected chi connectivity index (χ1v) is 6.98. The van der Waals surface area contributed by atoms with Crippen molar-refractivity contribution < 1.29 is 27.9 Å². The number of hydrogen-bond acceptors (Lipinski definition) is 8. The van der Waals surface area contributed by atoms with E-state index in [9.17, 15) is 19.2 Å². The zero-order valence-electron chi connectivity index (χ0n) is 13.0. The second kappa shape index (κ2) is 7.40. The molecule has 0 aromatic carbocycles. The van der Waals surface area contributed by atoms with Crippen LogP contribution >= 0.6 is 0 Å². The van der Waals surface area contributed by atoms with E-state index in [1.165, 1.54) is 26.0 Å². The fourth-order valence-electron chi connectivity index (χ4n) is 1.95. The van der Waals surface area contributed by atoms with Crippen molar-refractivity contribution in [3.8, 4) is 11.5 Å². The number of carbonyl (C=O) groups is 2. The predicted molar refractivity (Wildman–Crippen MR) is 80.0 cm³/mol. The summed E-state index contributed by atoms with van der Waals surface area (Å²) < 4.78 is 20.0. The molecule has 0 saturated heterocycles. The van der Waals surface area contributed by atoms with Gasteiger partial charge in [0, 0.05) is 38.8 Å². The van der Waals surface area contributed by atoms with E-state index < -0.39 is 23.2 Å². The lowest BCUT2D eigenvalue weighted by molar-refractivity contribution is -0.133. The highest BCUT2D eigenvalue weighted by Crippen LogP contribution is 2.22. The lowest BCUT2D eigenvalue weighted by Gasteiger charge is -2.08. The molecule has 0 radical (unpaired) electrons. The minimum atomic E-state index is -0.615. The van der Waals surface area contributed by atoms with Gasteiger partial charge in [-0.3, -0.25) is 9.59 Å². The zero-order valence-corrected chi connectivity index (χ0v) is 13.0. The Morgan fingerprint density at radius 3 is 1.50 bits per heavy atom. The molecule has 8 nitrogen and oxygen atoms in total. The number of carbonyl (C=O) groups excluding carboxylic acids is 2. The second-order valence-electron chi connectivity index (χ2n) is 4.77. The van der Waals surface area contributed by atoms with Crippen LogP contribution in [0, 0.1) is 0 Å². The average molecular weight is 334 g/mol. The Morgan fingerprint density at radius 2 is 1.17 bits per heavy atom. The van der Waals surface area contributed by atoms with Crippen LogP contribution in [0.25, 0.3) is 0 Å². The van der Waals surface area contributed by atoms with Crippen LogP contribution in [-0.4, -0.2) is 11.9 Å². The van der Waals surface area contributed by atoms with Crippen LogP contribution in [0.5, 0.6) is 11.5 Å². The molecule has 0 amide bonds. The van der Waals surface area contributed by atoms with Crippen molar-refractivity contribution in [1.29, 1.82) is 0 Å². The summed E-state index contributed by atoms with van der Waals surface area (Å²) in [5.41, 5.74) is -1.23. The normalized spacial score (nSPS) is 10.2. The van der Waals surface area contributed by atoms with E-state index >= 15 is 0 Å². The molecule has 24 heavy (non-hydrogen) atoms. The first kappa shape index (κ1) is 17.2. The summed E-state index contributed by atoms with van der Waals surface area (Å²) >= 11 is 0. The predicted octanol–water partition coefficient (Wildman–Crippen LogP) is 1.23. The highest BCUT2D eigenvalue weighted by atomic mass is 16.5. The van der Waals surface area contributed by atoms with Crippen LogP contribution in [0.4, 0.5) is 0 Å². The molecule has 0 saturated carbocycles. The average Bonchev–Trinajstić information content (AvgIpc) is 2.49. The van der Waals surface area contributed by atoms with Crippen molar-refractivity contribution in [3.05, 3.63) is 56.6 Å². The van der Waals surface area contributed by atoms with Crippen LogP contribution in [-0.2, 0) is 22.4 Å². The Bertz CT molecular complexity index is 801. The molecule has 126 valence electrons. The first-order chi connectivity index (χ1) is 11.3. The highest BCUT2D eigenvalue weighted by molar-refractivity contribution is 5.70. The van der Waals surface area contributed by atoms with Gasteiger partial charge in [0.25, 0.3) is 0 Å². The van der Waals surface area contributed by atoms with Gasteiger partial charge in [0.05, 0.1) is 0 Å². The summed E-state index contributed by atoms with van der Waals surface area (Å²) in [5.74, 6) is -0.742. The van der Waals surface area contributed by atoms with Gasteiger partial charge in [-0.05, 0) is 12.1 Å². The molecular formula is C16H14O8. The van der Waals surface area contributed by atoms with Gasteiger partial charge >= 0.3 is 23.2 Å². The summed E-state index contributed by atoms with van der Waals surface area (Å²) in [4.78, 5) is 44.9. The molecule has 2 rings (SSSR count). The molecule has 0 unspecified atom stereocenters. The summed E-state index contributed by atoms with van der Waals surface area (Å²) in [6.07, 6.45) is 0.166. The topological polar surface area (TPSA) is 113 Å². The largest absolute Gasteiger partial charge is 0.424 e. The third kappa shape index (κ3) is 4.67. The van der Waals surface area contributed by atoms with Crippen molar-refractivity contribution in [2.45, 2.75) is 26.7 Å². The number of ether oxygens (including phenoxy) is 2. The monoisotopic (exact) mass is 334 g/mol. The summed E-state index contributed by atoms with van der Waals surface area (Å²) in [7, 11) is 0. The van der Waals surface area contributed by atoms with E-state index in [4.69, 9.17) is 18.3 Å². The molecule has 0 fully saturated rings. The molecule has 2 aromatic rings. The quantitative estimate of drug-likeness (QED) is 0.750. The van der Waals surface area contributed by atoms with Gasteiger partial charge in [-0.1, -0.05) is 0 Å². The lowest BCUT2D eigenvalue weighted by atomic mass is 10.1. The van der Waals surface area contributed by atoms with Crippen molar-refractivity contribution in [2.75, 3.05) is 0 Å². The van der Waals surface area contributed by atoms with E-state index in [0.717, 1.165) is 12.1 Å². The van der Waals surface area contributed by atoms with Gasteiger partial charge in [-0.15, -0.1) is 0 Å². The Balaban J connectivity index is 2.28. The van der Waals surface area contributed by atoms with E-state index in [0.29, 0.717) is 0 Å². The number of aryl methyl sites for hydroxylation is 2. The lowest BCUT2D eigenvalue weighted by Crippen LogP contribution is -2.10. The van der Waals surface area contributed by atoms with Gasteiger partial charge in [-0.25, -0.2) is 9.59 Å². The molecule has 0 N–H and O–H groups in total. The van der Waals surface area contributed by atoms with Crippen molar-refractivity contribution in [2.24, 2.45) is 0 Å². The van der Waals surface area contributed by atoms with Gasteiger partial charge in [0.15, 0.2) is 23.0 Å². The minimum absolute atomic E-state index is 0.0832. The Labute approximate surface area is 135 Å². The Kier molecular flexibility index (Phi) is 5.31. The van der Waals surface area contributed by atoms with Gasteiger partial charge in [-0.2, -0.15) is 0 Å². The van der Waals surface area contributed by atoms with Gasteiger partial charge in [0.2, 0.25) is 0 Å². The number of rotatable bonds is 5. The van der Waals surface area contributed by atoms with Crippen LogP contribution in [0.15, 0.2) is 42.7 Å². The maximum absolute atomic E-state index is 11.4. The molecule has 2 aromatic heterocycles. The first-order valence-electron chi connectivity index (χ1n) is 6.98. The Morgan fingerprint density at radius 1 is 0.792 bits per heavy atom. The third-order valence-electron chi connectivity index (χ3n) is 2.83. The second-order valence-corrected chi connectivity index (χ2v) is 4.77. The summed E-state index contributed by atoms with van der Waals surface area (Å²) in [6, 6.07) is 4.87. The summed E-state index contributed by atoms with van der Waals surface area (Å²) in [5, 5.41) is 0. The SMILES string of the molecule is CC(=O)Oc1ccc(=O)oc1CCc1oc(=O)ccc1OC(C)=O. The zero-order chi connectivity index (χ0) is 17.7. The molecule has 2 heterocycles. The van der Waals surface area contributed by atoms with E-state index in [1.54, 1.807) is 0 Å². The van der Waals surface area contributed by atoms with Crippen LogP contribution in [0.1, 0.15) is 25.4 Å². The van der Waals surface area contributed by atoms with Crippen LogP contribution < -0.4 is 20.7 Å². The van der Waals surface area contributed by atoms with Gasteiger partial charge < -0.3 is 18.3 Å². The fraction of sp³-hybridized carbons (Fsp3) is 0.250. The standard InChI is InChI=1S/C16H14O8/c1-9(17)21-11-5-7-15(19)23-13(11)3-4-14-12(22-10(2)18)6-8-16(20)24-14/h5-8H,3-4H2,1-2H3. The molecule has 8 heteroatoms. The van der Waals surface area contributed by atoms with E-state index in [-0.39, 0.29) is 35.9 Å². The molecule has 0 aliphatic rings. The van der Waals surface area contributed by atoms with E-state index in [2.05, 4.69) is 0 Å².